The number of benzene rings is 1. The predicted octanol–water partition coefficient (Wildman–Crippen LogP) is 2.87. The van der Waals surface area contributed by atoms with Gasteiger partial charge >= 0.3 is 0 Å². The highest BCUT2D eigenvalue weighted by molar-refractivity contribution is 5.52. The minimum atomic E-state index is 0.580. The van der Waals surface area contributed by atoms with Gasteiger partial charge in [-0.05, 0) is 29.8 Å². The van der Waals surface area contributed by atoms with Gasteiger partial charge in [0.1, 0.15) is 5.69 Å². The Balaban J connectivity index is 1.87. The van der Waals surface area contributed by atoms with Gasteiger partial charge in [0.05, 0.1) is 23.9 Å². The molecular weight excluding hydrogens is 248 g/mol. The second kappa shape index (κ2) is 5.37. The van der Waals surface area contributed by atoms with Crippen molar-refractivity contribution in [2.45, 2.75) is 6.54 Å². The van der Waals surface area contributed by atoms with Gasteiger partial charge in [-0.15, -0.1) is 0 Å². The third kappa shape index (κ3) is 2.43. The zero-order valence-electron chi connectivity index (χ0n) is 10.8. The molecule has 0 radical (unpaired) electrons. The Kier molecular flexibility index (Phi) is 3.25. The molecule has 0 saturated heterocycles. The molecule has 4 nitrogen and oxygen atoms in total. The molecule has 0 aliphatic carbocycles. The van der Waals surface area contributed by atoms with Crippen LogP contribution in [0.3, 0.4) is 0 Å². The summed E-state index contributed by atoms with van der Waals surface area (Å²) in [6.45, 7) is 0.580. The Bertz CT molecular complexity index is 753. The van der Waals surface area contributed by atoms with Crippen LogP contribution in [-0.2, 0) is 6.54 Å². The lowest BCUT2D eigenvalue weighted by Crippen LogP contribution is -2.02. The van der Waals surface area contributed by atoms with E-state index in [9.17, 15) is 0 Å². The number of hydrogen-bond acceptors (Lipinski definition) is 3. The standard InChI is InChI=1S/C16H12N4/c17-11-13-5-1-2-6-14(13)12-20-10-8-16(19-20)15-7-3-4-9-18-15/h1-10H,12H2. The summed E-state index contributed by atoms with van der Waals surface area (Å²) in [4.78, 5) is 4.27. The average molecular weight is 260 g/mol. The number of pyridine rings is 1. The number of rotatable bonds is 3. The van der Waals surface area contributed by atoms with Crippen LogP contribution >= 0.6 is 0 Å². The number of hydrogen-bond donors (Lipinski definition) is 0. The smallest absolute Gasteiger partial charge is 0.111 e. The fraction of sp³-hybridized carbons (Fsp3) is 0.0625. The third-order valence-electron chi connectivity index (χ3n) is 3.04. The maximum absolute atomic E-state index is 9.09. The highest BCUT2D eigenvalue weighted by atomic mass is 15.3. The Morgan fingerprint density at radius 1 is 1.00 bits per heavy atom. The topological polar surface area (TPSA) is 54.5 Å². The molecule has 0 amide bonds. The Morgan fingerprint density at radius 3 is 2.65 bits per heavy atom. The molecule has 0 fully saturated rings. The molecule has 2 heterocycles. The molecule has 96 valence electrons. The molecule has 4 heteroatoms. The molecule has 3 rings (SSSR count). The Morgan fingerprint density at radius 2 is 1.85 bits per heavy atom. The lowest BCUT2D eigenvalue weighted by molar-refractivity contribution is 0.687. The lowest BCUT2D eigenvalue weighted by Gasteiger charge is -2.03. The van der Waals surface area contributed by atoms with Crippen LogP contribution in [0.1, 0.15) is 11.1 Å². The minimum Gasteiger partial charge on any atom is -0.268 e. The van der Waals surface area contributed by atoms with Crippen molar-refractivity contribution in [3.8, 4) is 17.5 Å². The van der Waals surface area contributed by atoms with Crippen molar-refractivity contribution in [3.05, 3.63) is 72.1 Å². The molecule has 0 unspecified atom stereocenters. The molecule has 2 aromatic heterocycles. The van der Waals surface area contributed by atoms with Gasteiger partial charge in [0.2, 0.25) is 0 Å². The normalized spacial score (nSPS) is 10.2. The first-order valence-corrected chi connectivity index (χ1v) is 6.30. The maximum atomic E-state index is 9.09. The van der Waals surface area contributed by atoms with Gasteiger partial charge in [-0.25, -0.2) is 0 Å². The van der Waals surface area contributed by atoms with Gasteiger partial charge < -0.3 is 0 Å². The zero-order chi connectivity index (χ0) is 13.8. The van der Waals surface area contributed by atoms with Crippen LogP contribution < -0.4 is 0 Å². The Labute approximate surface area is 116 Å². The second-order valence-electron chi connectivity index (χ2n) is 4.38. The quantitative estimate of drug-likeness (QED) is 0.727. The van der Waals surface area contributed by atoms with E-state index in [0.717, 1.165) is 17.0 Å². The molecule has 1 aromatic carbocycles. The van der Waals surface area contributed by atoms with Crippen molar-refractivity contribution in [1.29, 1.82) is 5.26 Å². The van der Waals surface area contributed by atoms with Gasteiger partial charge in [0.25, 0.3) is 0 Å². The Hall–Kier alpha value is -2.93. The molecule has 0 aliphatic rings. The van der Waals surface area contributed by atoms with Crippen LogP contribution in [0, 0.1) is 11.3 Å². The fourth-order valence-corrected chi connectivity index (χ4v) is 2.04. The van der Waals surface area contributed by atoms with Gasteiger partial charge in [0, 0.05) is 12.4 Å². The van der Waals surface area contributed by atoms with E-state index in [1.54, 1.807) is 6.20 Å². The molecule has 0 spiro atoms. The lowest BCUT2D eigenvalue weighted by atomic mass is 10.1. The summed E-state index contributed by atoms with van der Waals surface area (Å²) in [5, 5.41) is 13.6. The van der Waals surface area contributed by atoms with E-state index in [1.807, 2.05) is 59.4 Å². The molecule has 0 N–H and O–H groups in total. The molecule has 3 aromatic rings. The van der Waals surface area contributed by atoms with Gasteiger partial charge in [0.15, 0.2) is 0 Å². The van der Waals surface area contributed by atoms with Crippen LogP contribution in [0.15, 0.2) is 60.9 Å². The van der Waals surface area contributed by atoms with Crippen LogP contribution in [0.5, 0.6) is 0 Å². The molecule has 0 atom stereocenters. The SMILES string of the molecule is N#Cc1ccccc1Cn1ccc(-c2ccccn2)n1. The monoisotopic (exact) mass is 260 g/mol. The molecular formula is C16H12N4. The number of nitriles is 1. The van der Waals surface area contributed by atoms with E-state index in [1.165, 1.54) is 0 Å². The number of nitrogens with zero attached hydrogens (tertiary/aromatic N) is 4. The predicted molar refractivity (Wildman–Crippen MR) is 75.7 cm³/mol. The molecule has 0 saturated carbocycles. The van der Waals surface area contributed by atoms with Crippen molar-refractivity contribution >= 4 is 0 Å². The van der Waals surface area contributed by atoms with E-state index in [2.05, 4.69) is 16.2 Å². The van der Waals surface area contributed by atoms with E-state index >= 15 is 0 Å². The van der Waals surface area contributed by atoms with E-state index in [0.29, 0.717) is 12.1 Å². The minimum absolute atomic E-state index is 0.580. The highest BCUT2D eigenvalue weighted by Crippen LogP contribution is 2.14. The summed E-state index contributed by atoms with van der Waals surface area (Å²) < 4.78 is 1.82. The summed E-state index contributed by atoms with van der Waals surface area (Å²) in [5.74, 6) is 0. The summed E-state index contributed by atoms with van der Waals surface area (Å²) >= 11 is 0. The summed E-state index contributed by atoms with van der Waals surface area (Å²) in [7, 11) is 0. The van der Waals surface area contributed by atoms with E-state index < -0.39 is 0 Å². The summed E-state index contributed by atoms with van der Waals surface area (Å²) in [6, 6.07) is 17.4. The van der Waals surface area contributed by atoms with Crippen molar-refractivity contribution < 1.29 is 0 Å². The first kappa shape index (κ1) is 12.1. The van der Waals surface area contributed by atoms with Gasteiger partial charge in [-0.3, -0.25) is 9.67 Å². The molecule has 0 bridgehead atoms. The first-order chi connectivity index (χ1) is 9.86. The second-order valence-corrected chi connectivity index (χ2v) is 4.38. The summed E-state index contributed by atoms with van der Waals surface area (Å²) in [6.07, 6.45) is 3.65. The van der Waals surface area contributed by atoms with Crippen LogP contribution in [0.4, 0.5) is 0 Å². The van der Waals surface area contributed by atoms with Crippen LogP contribution in [0.2, 0.25) is 0 Å². The number of aromatic nitrogens is 3. The fourth-order valence-electron chi connectivity index (χ4n) is 2.04. The summed E-state index contributed by atoms with van der Waals surface area (Å²) in [5.41, 5.74) is 3.33. The largest absolute Gasteiger partial charge is 0.268 e. The average Bonchev–Trinajstić information content (AvgIpc) is 2.97. The van der Waals surface area contributed by atoms with Crippen LogP contribution in [-0.4, -0.2) is 14.8 Å². The third-order valence-corrected chi connectivity index (χ3v) is 3.04. The maximum Gasteiger partial charge on any atom is 0.111 e. The molecule has 20 heavy (non-hydrogen) atoms. The first-order valence-electron chi connectivity index (χ1n) is 6.30. The van der Waals surface area contributed by atoms with Crippen molar-refractivity contribution in [2.24, 2.45) is 0 Å². The highest BCUT2D eigenvalue weighted by Gasteiger charge is 2.05. The van der Waals surface area contributed by atoms with E-state index in [-0.39, 0.29) is 0 Å². The van der Waals surface area contributed by atoms with Crippen molar-refractivity contribution in [3.63, 3.8) is 0 Å². The van der Waals surface area contributed by atoms with Crippen LogP contribution in [0.25, 0.3) is 11.4 Å². The van der Waals surface area contributed by atoms with E-state index in [4.69, 9.17) is 5.26 Å². The zero-order valence-corrected chi connectivity index (χ0v) is 10.8. The molecule has 0 aliphatic heterocycles. The van der Waals surface area contributed by atoms with Gasteiger partial charge in [-0.2, -0.15) is 10.4 Å². The van der Waals surface area contributed by atoms with Crippen molar-refractivity contribution in [2.75, 3.05) is 0 Å². The van der Waals surface area contributed by atoms with Crippen molar-refractivity contribution in [1.82, 2.24) is 14.8 Å². The van der Waals surface area contributed by atoms with Gasteiger partial charge in [-0.1, -0.05) is 24.3 Å².